The summed E-state index contributed by atoms with van der Waals surface area (Å²) < 4.78 is 7.83. The van der Waals surface area contributed by atoms with Crippen molar-refractivity contribution in [1.29, 1.82) is 0 Å². The minimum atomic E-state index is 0.0885. The quantitative estimate of drug-likeness (QED) is 0.616. The van der Waals surface area contributed by atoms with E-state index in [1.165, 1.54) is 0 Å². The van der Waals surface area contributed by atoms with E-state index < -0.39 is 0 Å². The molecular weight excluding hydrogens is 396 g/mol. The van der Waals surface area contributed by atoms with Crippen LogP contribution in [-0.4, -0.2) is 16.1 Å². The van der Waals surface area contributed by atoms with Crippen LogP contribution < -0.4 is 4.74 Å². The van der Waals surface area contributed by atoms with Gasteiger partial charge in [0, 0.05) is 4.47 Å². The van der Waals surface area contributed by atoms with Crippen LogP contribution in [0.25, 0.3) is 22.4 Å². The van der Waals surface area contributed by atoms with Crippen LogP contribution in [0.5, 0.6) is 5.75 Å². The highest BCUT2D eigenvalue weighted by molar-refractivity contribution is 9.11. The van der Waals surface area contributed by atoms with Crippen LogP contribution in [-0.2, 0) is 0 Å². The summed E-state index contributed by atoms with van der Waals surface area (Å²) in [5.74, 6) is 1.60. The van der Waals surface area contributed by atoms with Crippen molar-refractivity contribution in [2.75, 3.05) is 0 Å². The van der Waals surface area contributed by atoms with Crippen molar-refractivity contribution >= 4 is 42.9 Å². The molecule has 108 valence electrons. The number of rotatable bonds is 3. The minimum Gasteiger partial charge on any atom is -0.489 e. The van der Waals surface area contributed by atoms with E-state index in [0.29, 0.717) is 0 Å². The third-order valence-electron chi connectivity index (χ3n) is 3.01. The molecule has 0 bridgehead atoms. The van der Waals surface area contributed by atoms with Crippen molar-refractivity contribution in [2.24, 2.45) is 0 Å². The van der Waals surface area contributed by atoms with Crippen LogP contribution in [0.4, 0.5) is 0 Å². The summed E-state index contributed by atoms with van der Waals surface area (Å²) in [5, 5.41) is 0. The molecule has 1 heterocycles. The van der Waals surface area contributed by atoms with Gasteiger partial charge in [0.05, 0.1) is 27.2 Å². The minimum absolute atomic E-state index is 0.0885. The number of para-hydroxylation sites is 2. The average molecular weight is 410 g/mol. The van der Waals surface area contributed by atoms with Crippen LogP contribution in [0.3, 0.4) is 0 Å². The molecule has 0 aliphatic carbocycles. The Bertz CT molecular complexity index is 763. The number of nitrogens with one attached hydrogen (secondary N) is 1. The number of aromatic nitrogens is 2. The molecule has 1 N–H and O–H groups in total. The van der Waals surface area contributed by atoms with E-state index in [1.54, 1.807) is 0 Å². The van der Waals surface area contributed by atoms with E-state index >= 15 is 0 Å². The second kappa shape index (κ2) is 5.81. The van der Waals surface area contributed by atoms with Gasteiger partial charge in [0.1, 0.15) is 11.6 Å². The summed E-state index contributed by atoms with van der Waals surface area (Å²) in [6.45, 7) is 4.02. The lowest BCUT2D eigenvalue weighted by atomic mass is 10.2. The fourth-order valence-corrected chi connectivity index (χ4v) is 3.49. The van der Waals surface area contributed by atoms with Gasteiger partial charge in [-0.3, -0.25) is 0 Å². The van der Waals surface area contributed by atoms with E-state index in [2.05, 4.69) is 41.8 Å². The first-order valence-electron chi connectivity index (χ1n) is 6.65. The van der Waals surface area contributed by atoms with Crippen molar-refractivity contribution in [3.8, 4) is 17.1 Å². The van der Waals surface area contributed by atoms with Gasteiger partial charge in [0.15, 0.2) is 0 Å². The molecular formula is C16H14Br2N2O. The fraction of sp³-hybridized carbons (Fsp3) is 0.188. The molecule has 0 radical (unpaired) electrons. The van der Waals surface area contributed by atoms with Crippen molar-refractivity contribution in [3.63, 3.8) is 0 Å². The number of benzene rings is 2. The molecule has 0 fully saturated rings. The molecule has 0 aliphatic rings. The molecule has 21 heavy (non-hydrogen) atoms. The zero-order valence-electron chi connectivity index (χ0n) is 11.7. The van der Waals surface area contributed by atoms with Crippen molar-refractivity contribution in [2.45, 2.75) is 20.0 Å². The summed E-state index contributed by atoms with van der Waals surface area (Å²) in [7, 11) is 0. The van der Waals surface area contributed by atoms with Gasteiger partial charge in [-0.2, -0.15) is 0 Å². The lowest BCUT2D eigenvalue weighted by molar-refractivity contribution is 0.242. The Morgan fingerprint density at radius 2 is 1.90 bits per heavy atom. The maximum Gasteiger partial charge on any atom is 0.144 e. The van der Waals surface area contributed by atoms with Gasteiger partial charge in [-0.05, 0) is 54.0 Å². The Labute approximate surface area is 140 Å². The highest BCUT2D eigenvalue weighted by atomic mass is 79.9. The summed E-state index contributed by atoms with van der Waals surface area (Å²) >= 11 is 7.10. The molecule has 3 rings (SSSR count). The maximum atomic E-state index is 5.95. The summed E-state index contributed by atoms with van der Waals surface area (Å²) in [4.78, 5) is 8.00. The molecule has 5 heteroatoms. The van der Waals surface area contributed by atoms with Crippen molar-refractivity contribution in [3.05, 3.63) is 45.3 Å². The van der Waals surface area contributed by atoms with Gasteiger partial charge in [-0.1, -0.05) is 28.1 Å². The standard InChI is InChI=1S/C16H14Br2N2O/c1-9(2)21-15-11(7-10(17)8-12(15)18)16-19-13-5-3-4-6-14(13)20-16/h3-9H,1-2H3,(H,19,20). The Hall–Kier alpha value is -1.33. The average Bonchev–Trinajstić information content (AvgIpc) is 2.84. The van der Waals surface area contributed by atoms with Gasteiger partial charge in [-0.25, -0.2) is 4.98 Å². The molecule has 3 aromatic rings. The van der Waals surface area contributed by atoms with Gasteiger partial charge in [0.2, 0.25) is 0 Å². The molecule has 0 atom stereocenters. The third-order valence-corrected chi connectivity index (χ3v) is 4.05. The molecule has 2 aromatic carbocycles. The third kappa shape index (κ3) is 2.99. The zero-order valence-corrected chi connectivity index (χ0v) is 14.8. The number of aromatic amines is 1. The highest BCUT2D eigenvalue weighted by Crippen LogP contribution is 2.39. The Balaban J connectivity index is 2.20. The molecule has 0 spiro atoms. The number of ether oxygens (including phenoxy) is 1. The topological polar surface area (TPSA) is 37.9 Å². The van der Waals surface area contributed by atoms with E-state index in [1.807, 2.05) is 50.2 Å². The van der Waals surface area contributed by atoms with Gasteiger partial charge in [0.25, 0.3) is 0 Å². The van der Waals surface area contributed by atoms with E-state index in [4.69, 9.17) is 4.74 Å². The predicted octanol–water partition coefficient (Wildman–Crippen LogP) is 5.54. The Kier molecular flexibility index (Phi) is 4.04. The number of hydrogen-bond acceptors (Lipinski definition) is 2. The van der Waals surface area contributed by atoms with Crippen molar-refractivity contribution < 1.29 is 4.74 Å². The number of fused-ring (bicyclic) bond motifs is 1. The van der Waals surface area contributed by atoms with E-state index in [0.717, 1.165) is 37.1 Å². The number of hydrogen-bond donors (Lipinski definition) is 1. The van der Waals surface area contributed by atoms with Crippen LogP contribution in [0.1, 0.15) is 13.8 Å². The van der Waals surface area contributed by atoms with E-state index in [9.17, 15) is 0 Å². The summed E-state index contributed by atoms with van der Waals surface area (Å²) in [5.41, 5.74) is 2.89. The first-order valence-corrected chi connectivity index (χ1v) is 8.24. The fourth-order valence-electron chi connectivity index (χ4n) is 2.17. The van der Waals surface area contributed by atoms with Gasteiger partial charge < -0.3 is 9.72 Å². The van der Waals surface area contributed by atoms with Crippen LogP contribution >= 0.6 is 31.9 Å². The van der Waals surface area contributed by atoms with Gasteiger partial charge in [-0.15, -0.1) is 0 Å². The van der Waals surface area contributed by atoms with Crippen LogP contribution in [0.15, 0.2) is 45.3 Å². The molecule has 3 nitrogen and oxygen atoms in total. The molecule has 0 unspecified atom stereocenters. The van der Waals surface area contributed by atoms with Crippen LogP contribution in [0.2, 0.25) is 0 Å². The first kappa shape index (κ1) is 14.6. The zero-order chi connectivity index (χ0) is 15.0. The van der Waals surface area contributed by atoms with Gasteiger partial charge >= 0.3 is 0 Å². The highest BCUT2D eigenvalue weighted by Gasteiger charge is 2.16. The van der Waals surface area contributed by atoms with Crippen molar-refractivity contribution in [1.82, 2.24) is 9.97 Å². The lowest BCUT2D eigenvalue weighted by Gasteiger charge is -2.15. The molecule has 0 aliphatic heterocycles. The van der Waals surface area contributed by atoms with E-state index in [-0.39, 0.29) is 6.10 Å². The number of H-pyrrole nitrogens is 1. The molecule has 0 amide bonds. The first-order chi connectivity index (χ1) is 10.0. The lowest BCUT2D eigenvalue weighted by Crippen LogP contribution is -2.07. The number of imidazole rings is 1. The SMILES string of the molecule is CC(C)Oc1c(Br)cc(Br)cc1-c1nc2ccccc2[nH]1. The Morgan fingerprint density at radius 1 is 1.14 bits per heavy atom. The smallest absolute Gasteiger partial charge is 0.144 e. The van der Waals surface area contributed by atoms with Crippen LogP contribution in [0, 0.1) is 0 Å². The second-order valence-corrected chi connectivity index (χ2v) is 6.80. The maximum absolute atomic E-state index is 5.95. The molecule has 0 saturated heterocycles. The number of nitrogens with zero attached hydrogens (tertiary/aromatic N) is 1. The molecule has 1 aromatic heterocycles. The monoisotopic (exact) mass is 408 g/mol. The molecule has 0 saturated carbocycles. The normalized spacial score (nSPS) is 11.3. The largest absolute Gasteiger partial charge is 0.489 e. The number of halogens is 2. The second-order valence-electron chi connectivity index (χ2n) is 5.03. The summed E-state index contributed by atoms with van der Waals surface area (Å²) in [6, 6.07) is 12.0. The Morgan fingerprint density at radius 3 is 2.62 bits per heavy atom. The predicted molar refractivity (Wildman–Crippen MR) is 92.7 cm³/mol. The summed E-state index contributed by atoms with van der Waals surface area (Å²) in [6.07, 6.45) is 0.0885.